The Balaban J connectivity index is 1.96. The van der Waals surface area contributed by atoms with Gasteiger partial charge >= 0.3 is 0 Å². The number of ether oxygens (including phenoxy) is 2. The number of nitrogens with one attached hydrogen (secondary N) is 1. The van der Waals surface area contributed by atoms with Gasteiger partial charge in [-0.2, -0.15) is 5.10 Å². The maximum Gasteiger partial charge on any atom is 0.271 e. The van der Waals surface area contributed by atoms with Gasteiger partial charge in [0.2, 0.25) is 0 Å². The molecule has 2 aromatic carbocycles. The zero-order valence-corrected chi connectivity index (χ0v) is 12.9. The second kappa shape index (κ2) is 7.93. The van der Waals surface area contributed by atoms with Crippen LogP contribution >= 0.6 is 0 Å². The first-order valence-corrected chi connectivity index (χ1v) is 7.04. The highest BCUT2D eigenvalue weighted by atomic mass is 19.1. The molecule has 2 aromatic rings. The van der Waals surface area contributed by atoms with Crippen LogP contribution in [-0.4, -0.2) is 25.8 Å². The molecule has 0 radical (unpaired) electrons. The van der Waals surface area contributed by atoms with Gasteiger partial charge in [-0.1, -0.05) is 0 Å². The summed E-state index contributed by atoms with van der Waals surface area (Å²) in [7, 11) is 1.39. The van der Waals surface area contributed by atoms with Crippen LogP contribution in [0.15, 0.2) is 47.6 Å². The zero-order valence-electron chi connectivity index (χ0n) is 12.9. The van der Waals surface area contributed by atoms with Gasteiger partial charge in [0.1, 0.15) is 5.75 Å². The third-order valence-electron chi connectivity index (χ3n) is 2.98. The number of amides is 1. The van der Waals surface area contributed by atoms with E-state index in [0.29, 0.717) is 23.5 Å². The molecule has 0 heterocycles. The smallest absolute Gasteiger partial charge is 0.271 e. The molecule has 1 amide bonds. The molecule has 0 fully saturated rings. The first-order chi connectivity index (χ1) is 11.1. The Kier molecular flexibility index (Phi) is 5.68. The number of halogens is 1. The number of carbonyl (C=O) groups is 1. The third kappa shape index (κ3) is 4.54. The van der Waals surface area contributed by atoms with Crippen LogP contribution in [0.2, 0.25) is 0 Å². The molecule has 0 bridgehead atoms. The fourth-order valence-electron chi connectivity index (χ4n) is 1.86. The zero-order chi connectivity index (χ0) is 16.7. The molecular weight excluding hydrogens is 299 g/mol. The summed E-state index contributed by atoms with van der Waals surface area (Å²) in [6, 6.07) is 11.1. The van der Waals surface area contributed by atoms with Gasteiger partial charge in [-0.15, -0.1) is 0 Å². The highest BCUT2D eigenvalue weighted by molar-refractivity contribution is 5.95. The number of benzene rings is 2. The summed E-state index contributed by atoms with van der Waals surface area (Å²) in [6.45, 7) is 2.45. The Morgan fingerprint density at radius 1 is 1.26 bits per heavy atom. The quantitative estimate of drug-likeness (QED) is 0.658. The minimum Gasteiger partial charge on any atom is -0.494 e. The first kappa shape index (κ1) is 16.5. The molecule has 0 spiro atoms. The molecule has 0 aliphatic heterocycles. The van der Waals surface area contributed by atoms with Gasteiger partial charge in [0.25, 0.3) is 5.91 Å². The monoisotopic (exact) mass is 316 g/mol. The van der Waals surface area contributed by atoms with Crippen LogP contribution in [0.5, 0.6) is 11.5 Å². The fourth-order valence-corrected chi connectivity index (χ4v) is 1.86. The van der Waals surface area contributed by atoms with Crippen LogP contribution in [0, 0.1) is 5.82 Å². The molecule has 23 heavy (non-hydrogen) atoms. The average Bonchev–Trinajstić information content (AvgIpc) is 2.56. The van der Waals surface area contributed by atoms with E-state index in [1.807, 2.05) is 6.92 Å². The summed E-state index contributed by atoms with van der Waals surface area (Å²) in [6.07, 6.45) is 1.36. The van der Waals surface area contributed by atoms with Gasteiger partial charge in [0, 0.05) is 5.56 Å². The molecule has 0 saturated carbocycles. The van der Waals surface area contributed by atoms with E-state index in [1.54, 1.807) is 30.3 Å². The number of hydrazone groups is 1. The summed E-state index contributed by atoms with van der Waals surface area (Å²) < 4.78 is 23.6. The molecule has 1 N–H and O–H groups in total. The van der Waals surface area contributed by atoms with Crippen molar-refractivity contribution >= 4 is 12.1 Å². The fraction of sp³-hybridized carbons (Fsp3) is 0.176. The van der Waals surface area contributed by atoms with Crippen molar-refractivity contribution in [3.8, 4) is 11.5 Å². The Morgan fingerprint density at radius 2 is 2.00 bits per heavy atom. The molecule has 2 rings (SSSR count). The summed E-state index contributed by atoms with van der Waals surface area (Å²) in [5.41, 5.74) is 3.34. The van der Waals surface area contributed by atoms with E-state index >= 15 is 0 Å². The van der Waals surface area contributed by atoms with E-state index in [2.05, 4.69) is 10.5 Å². The number of rotatable bonds is 6. The van der Waals surface area contributed by atoms with Crippen LogP contribution in [0.3, 0.4) is 0 Å². The van der Waals surface area contributed by atoms with Crippen molar-refractivity contribution in [2.75, 3.05) is 13.7 Å². The number of methoxy groups -OCH3 is 1. The molecule has 0 aliphatic rings. The molecule has 120 valence electrons. The number of hydrogen-bond donors (Lipinski definition) is 1. The molecule has 5 nitrogen and oxygen atoms in total. The SMILES string of the molecule is CCOc1ccc(C(=O)N/N=C\c2ccc(OC)c(F)c2)cc1. The van der Waals surface area contributed by atoms with E-state index in [1.165, 1.54) is 25.5 Å². The summed E-state index contributed by atoms with van der Waals surface area (Å²) >= 11 is 0. The largest absolute Gasteiger partial charge is 0.494 e. The van der Waals surface area contributed by atoms with E-state index < -0.39 is 5.82 Å². The van der Waals surface area contributed by atoms with Gasteiger partial charge in [0.15, 0.2) is 11.6 Å². The van der Waals surface area contributed by atoms with Gasteiger partial charge in [-0.05, 0) is 55.0 Å². The maximum absolute atomic E-state index is 13.5. The molecule has 0 unspecified atom stereocenters. The molecule has 0 saturated heterocycles. The molecule has 0 aromatic heterocycles. The Morgan fingerprint density at radius 3 is 2.61 bits per heavy atom. The van der Waals surface area contributed by atoms with Crippen molar-refractivity contribution in [2.45, 2.75) is 6.92 Å². The lowest BCUT2D eigenvalue weighted by Gasteiger charge is -2.04. The lowest BCUT2D eigenvalue weighted by Crippen LogP contribution is -2.17. The van der Waals surface area contributed by atoms with Crippen molar-refractivity contribution in [3.05, 3.63) is 59.4 Å². The highest BCUT2D eigenvalue weighted by Crippen LogP contribution is 2.16. The number of hydrogen-bond acceptors (Lipinski definition) is 4. The maximum atomic E-state index is 13.5. The number of carbonyl (C=O) groups excluding carboxylic acids is 1. The van der Waals surface area contributed by atoms with Crippen LogP contribution in [-0.2, 0) is 0 Å². The standard InChI is InChI=1S/C17H17FN2O3/c1-3-23-14-7-5-13(6-8-14)17(21)20-19-11-12-4-9-16(22-2)15(18)10-12/h4-11H,3H2,1-2H3,(H,20,21)/b19-11-. The van der Waals surface area contributed by atoms with Crippen LogP contribution in [0.25, 0.3) is 0 Å². The first-order valence-electron chi connectivity index (χ1n) is 7.04. The Bertz CT molecular complexity index is 699. The van der Waals surface area contributed by atoms with Crippen molar-refractivity contribution in [1.29, 1.82) is 0 Å². The van der Waals surface area contributed by atoms with Crippen LogP contribution in [0.4, 0.5) is 4.39 Å². The summed E-state index contributed by atoms with van der Waals surface area (Å²) in [5.74, 6) is -0.00518. The predicted octanol–water partition coefficient (Wildman–Crippen LogP) is 3.00. The van der Waals surface area contributed by atoms with Gasteiger partial charge in [-0.3, -0.25) is 4.79 Å². The Hall–Kier alpha value is -2.89. The van der Waals surface area contributed by atoms with Gasteiger partial charge in [-0.25, -0.2) is 9.82 Å². The summed E-state index contributed by atoms with van der Waals surface area (Å²) in [4.78, 5) is 11.9. The topological polar surface area (TPSA) is 59.9 Å². The average molecular weight is 316 g/mol. The van der Waals surface area contributed by atoms with Crippen LogP contribution < -0.4 is 14.9 Å². The molecule has 0 aliphatic carbocycles. The normalized spacial score (nSPS) is 10.6. The van der Waals surface area contributed by atoms with E-state index in [9.17, 15) is 9.18 Å². The highest BCUT2D eigenvalue weighted by Gasteiger charge is 2.05. The Labute approximate surface area is 133 Å². The van der Waals surface area contributed by atoms with Crippen molar-refractivity contribution in [2.24, 2.45) is 5.10 Å². The number of nitrogens with zero attached hydrogens (tertiary/aromatic N) is 1. The minimum absolute atomic E-state index is 0.153. The lowest BCUT2D eigenvalue weighted by molar-refractivity contribution is 0.0955. The van der Waals surface area contributed by atoms with E-state index in [4.69, 9.17) is 9.47 Å². The van der Waals surface area contributed by atoms with E-state index in [0.717, 1.165) is 0 Å². The van der Waals surface area contributed by atoms with Crippen molar-refractivity contribution < 1.29 is 18.7 Å². The predicted molar refractivity (Wildman–Crippen MR) is 85.6 cm³/mol. The van der Waals surface area contributed by atoms with E-state index in [-0.39, 0.29) is 11.7 Å². The molecular formula is C17H17FN2O3. The van der Waals surface area contributed by atoms with Crippen molar-refractivity contribution in [3.63, 3.8) is 0 Å². The minimum atomic E-state index is -0.491. The lowest BCUT2D eigenvalue weighted by atomic mass is 10.2. The third-order valence-corrected chi connectivity index (χ3v) is 2.98. The van der Waals surface area contributed by atoms with Crippen molar-refractivity contribution in [1.82, 2.24) is 5.43 Å². The van der Waals surface area contributed by atoms with Crippen LogP contribution in [0.1, 0.15) is 22.8 Å². The molecule has 0 atom stereocenters. The second-order valence-corrected chi connectivity index (χ2v) is 4.55. The van der Waals surface area contributed by atoms with Gasteiger partial charge in [0.05, 0.1) is 19.9 Å². The molecule has 6 heteroatoms. The van der Waals surface area contributed by atoms with Gasteiger partial charge < -0.3 is 9.47 Å². The second-order valence-electron chi connectivity index (χ2n) is 4.55. The summed E-state index contributed by atoms with van der Waals surface area (Å²) in [5, 5.41) is 3.81.